The van der Waals surface area contributed by atoms with Gasteiger partial charge in [-0.3, -0.25) is 9.59 Å². The van der Waals surface area contributed by atoms with Crippen LogP contribution in [-0.2, 0) is 23.9 Å². The summed E-state index contributed by atoms with van der Waals surface area (Å²) in [7, 11) is 0. The third kappa shape index (κ3) is 4.63. The van der Waals surface area contributed by atoms with E-state index in [2.05, 4.69) is 9.47 Å². The first-order valence-electron chi connectivity index (χ1n) is 4.27. The summed E-state index contributed by atoms with van der Waals surface area (Å²) in [5, 5.41) is 0. The molecule has 0 saturated carbocycles. The number of ketones is 1. The maximum absolute atomic E-state index is 12.1. The number of carbonyl (C=O) groups excluding carboxylic acids is 3. The number of esters is 2. The van der Waals surface area contributed by atoms with Crippen molar-refractivity contribution >= 4 is 17.7 Å². The molecule has 0 aromatic rings. The maximum Gasteiger partial charge on any atom is 0.345 e. The van der Waals surface area contributed by atoms with Gasteiger partial charge in [-0.1, -0.05) is 0 Å². The molecule has 90 valence electrons. The van der Waals surface area contributed by atoms with Crippen LogP contribution in [0.1, 0.15) is 13.8 Å². The van der Waals surface area contributed by atoms with E-state index in [1.165, 1.54) is 6.92 Å². The molecule has 0 aromatic carbocycles. The van der Waals surface area contributed by atoms with Crippen LogP contribution in [0.25, 0.3) is 0 Å². The fourth-order valence-corrected chi connectivity index (χ4v) is 0.675. The predicted octanol–water partition coefficient (Wildman–Crippen LogP) is 0.831. The zero-order chi connectivity index (χ0) is 12.7. The van der Waals surface area contributed by atoms with Crippen LogP contribution >= 0.6 is 0 Å². The Balaban J connectivity index is 4.90. The Morgan fingerprint density at radius 1 is 1.31 bits per heavy atom. The smallest absolute Gasteiger partial charge is 0.345 e. The van der Waals surface area contributed by atoms with Crippen LogP contribution in [0.2, 0.25) is 0 Å². The first kappa shape index (κ1) is 14.2. The zero-order valence-electron chi connectivity index (χ0n) is 8.66. The van der Waals surface area contributed by atoms with E-state index >= 15 is 0 Å². The molecule has 0 saturated heterocycles. The molecular formula is C9H10F2O5. The molecule has 5 nitrogen and oxygen atoms in total. The molecule has 7 heteroatoms. The molecule has 16 heavy (non-hydrogen) atoms. The van der Waals surface area contributed by atoms with E-state index in [4.69, 9.17) is 0 Å². The van der Waals surface area contributed by atoms with Crippen molar-refractivity contribution in [3.8, 4) is 0 Å². The van der Waals surface area contributed by atoms with Gasteiger partial charge in [0.2, 0.25) is 5.78 Å². The number of rotatable bonds is 5. The van der Waals surface area contributed by atoms with Crippen molar-refractivity contribution in [1.82, 2.24) is 0 Å². The van der Waals surface area contributed by atoms with Crippen LogP contribution in [0.5, 0.6) is 0 Å². The largest absolute Gasteiger partial charge is 0.462 e. The number of ether oxygens (including phenoxy) is 2. The number of halogens is 2. The van der Waals surface area contributed by atoms with Crippen LogP contribution < -0.4 is 0 Å². The Morgan fingerprint density at radius 2 is 1.88 bits per heavy atom. The normalized spacial score (nSPS) is 11.2. The topological polar surface area (TPSA) is 69.7 Å². The van der Waals surface area contributed by atoms with Gasteiger partial charge >= 0.3 is 18.4 Å². The van der Waals surface area contributed by atoms with Crippen LogP contribution in [0.4, 0.5) is 8.78 Å². The van der Waals surface area contributed by atoms with Crippen molar-refractivity contribution in [3.05, 3.63) is 11.8 Å². The van der Waals surface area contributed by atoms with Crippen molar-refractivity contribution in [3.63, 3.8) is 0 Å². The second kappa shape index (κ2) is 6.65. The van der Waals surface area contributed by atoms with Crippen LogP contribution in [0, 0.1) is 0 Å². The lowest BCUT2D eigenvalue weighted by molar-refractivity contribution is -0.142. The van der Waals surface area contributed by atoms with Gasteiger partial charge in [-0.15, -0.1) is 0 Å². The Kier molecular flexibility index (Phi) is 5.91. The maximum atomic E-state index is 12.1. The minimum Gasteiger partial charge on any atom is -0.462 e. The van der Waals surface area contributed by atoms with Gasteiger partial charge in [-0.25, -0.2) is 13.6 Å². The number of alkyl halides is 2. The molecule has 0 N–H and O–H groups in total. The van der Waals surface area contributed by atoms with E-state index in [1.54, 1.807) is 0 Å². The van der Waals surface area contributed by atoms with Crippen LogP contribution in [0.3, 0.4) is 0 Å². The lowest BCUT2D eigenvalue weighted by atomic mass is 10.2. The monoisotopic (exact) mass is 236 g/mol. The number of hydrogen-bond acceptors (Lipinski definition) is 5. The molecule has 0 unspecified atom stereocenters. The Bertz CT molecular complexity index is 322. The standard InChI is InChI=1S/C9H10F2O5/c1-3-15-9(14)6(4-16-5(2)12)7(13)8(10)11/h4,8H,3H2,1-2H3. The first-order valence-corrected chi connectivity index (χ1v) is 4.27. The van der Waals surface area contributed by atoms with Crippen molar-refractivity contribution in [2.75, 3.05) is 6.61 Å². The Labute approximate surface area is 90.0 Å². The quantitative estimate of drug-likeness (QED) is 0.232. The van der Waals surface area contributed by atoms with Crippen LogP contribution in [0.15, 0.2) is 11.8 Å². The fraction of sp³-hybridized carbons (Fsp3) is 0.444. The summed E-state index contributed by atoms with van der Waals surface area (Å²) in [4.78, 5) is 32.3. The molecule has 0 atom stereocenters. The Morgan fingerprint density at radius 3 is 2.25 bits per heavy atom. The van der Waals surface area contributed by atoms with Crippen molar-refractivity contribution < 1.29 is 32.6 Å². The average molecular weight is 236 g/mol. The summed E-state index contributed by atoms with van der Waals surface area (Å²) in [6.45, 7) is 2.34. The van der Waals surface area contributed by atoms with Gasteiger partial charge in [0.15, 0.2) is 0 Å². The highest BCUT2D eigenvalue weighted by Crippen LogP contribution is 2.08. The minimum absolute atomic E-state index is 0.0905. The highest BCUT2D eigenvalue weighted by atomic mass is 19.3. The second-order valence-corrected chi connectivity index (χ2v) is 2.53. The van der Waals surface area contributed by atoms with E-state index in [1.807, 2.05) is 0 Å². The SMILES string of the molecule is CCOC(=O)C(=COC(C)=O)C(=O)C(F)F. The molecule has 0 bridgehead atoms. The molecule has 0 heterocycles. The average Bonchev–Trinajstić information content (AvgIpc) is 2.17. The van der Waals surface area contributed by atoms with Crippen molar-refractivity contribution in [2.45, 2.75) is 20.3 Å². The lowest BCUT2D eigenvalue weighted by Crippen LogP contribution is -2.22. The van der Waals surface area contributed by atoms with Gasteiger partial charge in [-0.05, 0) is 6.92 Å². The van der Waals surface area contributed by atoms with Crippen molar-refractivity contribution in [1.29, 1.82) is 0 Å². The summed E-state index contributed by atoms with van der Waals surface area (Å²) in [6, 6.07) is 0. The molecule has 0 aromatic heterocycles. The van der Waals surface area contributed by atoms with E-state index in [0.29, 0.717) is 6.26 Å². The molecule has 0 fully saturated rings. The third-order valence-electron chi connectivity index (χ3n) is 1.30. The minimum atomic E-state index is -3.37. The van der Waals surface area contributed by atoms with Gasteiger partial charge in [0, 0.05) is 6.92 Å². The number of hydrogen-bond donors (Lipinski definition) is 0. The van der Waals surface area contributed by atoms with Gasteiger partial charge in [0.25, 0.3) is 0 Å². The fourth-order valence-electron chi connectivity index (χ4n) is 0.675. The molecule has 0 aliphatic carbocycles. The highest BCUT2D eigenvalue weighted by Gasteiger charge is 2.28. The summed E-state index contributed by atoms with van der Waals surface area (Å²) < 4.78 is 32.7. The highest BCUT2D eigenvalue weighted by molar-refractivity contribution is 6.18. The molecule has 0 aliphatic heterocycles. The van der Waals surface area contributed by atoms with Gasteiger partial charge in [-0.2, -0.15) is 0 Å². The zero-order valence-corrected chi connectivity index (χ0v) is 8.66. The predicted molar refractivity (Wildman–Crippen MR) is 47.5 cm³/mol. The molecule has 0 amide bonds. The molecule has 0 rings (SSSR count). The summed E-state index contributed by atoms with van der Waals surface area (Å²) in [6.07, 6.45) is -3.00. The third-order valence-corrected chi connectivity index (χ3v) is 1.30. The van der Waals surface area contributed by atoms with Crippen LogP contribution in [-0.4, -0.2) is 30.8 Å². The summed E-state index contributed by atoms with van der Waals surface area (Å²) in [5.74, 6) is -3.85. The van der Waals surface area contributed by atoms with E-state index in [0.717, 1.165) is 6.92 Å². The molecule has 0 aliphatic rings. The van der Waals surface area contributed by atoms with E-state index < -0.39 is 29.7 Å². The molecular weight excluding hydrogens is 226 g/mol. The Hall–Kier alpha value is -1.79. The number of carbonyl (C=O) groups is 3. The number of Topliss-reactive ketones (excluding diaryl/α,β-unsaturated/α-hetero) is 1. The van der Waals surface area contributed by atoms with Gasteiger partial charge in [0.05, 0.1) is 6.61 Å². The molecule has 0 spiro atoms. The van der Waals surface area contributed by atoms with Gasteiger partial charge in [0.1, 0.15) is 11.8 Å². The first-order chi connectivity index (χ1) is 7.40. The van der Waals surface area contributed by atoms with Crippen molar-refractivity contribution in [2.24, 2.45) is 0 Å². The van der Waals surface area contributed by atoms with Gasteiger partial charge < -0.3 is 9.47 Å². The van der Waals surface area contributed by atoms with E-state index in [9.17, 15) is 23.2 Å². The summed E-state index contributed by atoms with van der Waals surface area (Å²) in [5.41, 5.74) is -0.993. The lowest BCUT2D eigenvalue weighted by Gasteiger charge is -2.04. The summed E-state index contributed by atoms with van der Waals surface area (Å²) >= 11 is 0. The second-order valence-electron chi connectivity index (χ2n) is 2.53. The van der Waals surface area contributed by atoms with E-state index in [-0.39, 0.29) is 6.61 Å². The molecule has 0 radical (unpaired) electrons.